The fourth-order valence-corrected chi connectivity index (χ4v) is 4.10. The highest BCUT2D eigenvalue weighted by Gasteiger charge is 2.30. The molecule has 0 bridgehead atoms. The number of non-ortho nitro benzene ring substituents is 1. The Hall–Kier alpha value is -4.65. The number of furan rings is 1. The van der Waals surface area contributed by atoms with Crippen molar-refractivity contribution in [3.05, 3.63) is 101 Å². The zero-order valence-electron chi connectivity index (χ0n) is 18.3. The Balaban J connectivity index is 1.84. The molecule has 2 aromatic heterocycles. The summed E-state index contributed by atoms with van der Waals surface area (Å²) in [7, 11) is 0. The average Bonchev–Trinajstić information content (AvgIpc) is 3.46. The molecule has 0 aliphatic heterocycles. The fourth-order valence-electron chi connectivity index (χ4n) is 4.10. The van der Waals surface area contributed by atoms with E-state index >= 15 is 0 Å². The second-order valence-electron chi connectivity index (χ2n) is 7.65. The summed E-state index contributed by atoms with van der Waals surface area (Å²) in [6.45, 7) is 1.94. The van der Waals surface area contributed by atoms with Crippen LogP contribution in [0.5, 0.6) is 0 Å². The number of rotatable bonds is 6. The number of aromatic nitrogens is 1. The molecule has 7 heteroatoms. The van der Waals surface area contributed by atoms with Gasteiger partial charge in [-0.2, -0.15) is 0 Å². The summed E-state index contributed by atoms with van der Waals surface area (Å²) in [6, 6.07) is 23.2. The van der Waals surface area contributed by atoms with Gasteiger partial charge in [0.25, 0.3) is 5.69 Å². The molecule has 0 spiro atoms. The molecule has 34 heavy (non-hydrogen) atoms. The third-order valence-corrected chi connectivity index (χ3v) is 5.62. The molecule has 7 nitrogen and oxygen atoms in total. The van der Waals surface area contributed by atoms with Crippen LogP contribution in [0.15, 0.2) is 89.5 Å². The van der Waals surface area contributed by atoms with Crippen LogP contribution in [0, 0.1) is 10.1 Å². The fraction of sp³-hybridized carbons (Fsp3) is 0.0741. The number of esters is 1. The SMILES string of the molecule is CCOC(=O)c1c(-c2ccc([N+](=O)[O-])cc2)oc(-c2ccccc2)c1-c1c[nH]c2ccccc12. The Morgan fingerprint density at radius 2 is 1.62 bits per heavy atom. The second kappa shape index (κ2) is 8.71. The lowest BCUT2D eigenvalue weighted by molar-refractivity contribution is -0.384. The van der Waals surface area contributed by atoms with E-state index in [0.717, 1.165) is 22.0 Å². The average molecular weight is 452 g/mol. The van der Waals surface area contributed by atoms with E-state index in [9.17, 15) is 14.9 Å². The highest BCUT2D eigenvalue weighted by atomic mass is 16.6. The van der Waals surface area contributed by atoms with Gasteiger partial charge >= 0.3 is 5.97 Å². The van der Waals surface area contributed by atoms with Gasteiger partial charge in [0.15, 0.2) is 0 Å². The Bertz CT molecular complexity index is 1500. The molecule has 168 valence electrons. The van der Waals surface area contributed by atoms with Crippen LogP contribution in [0.2, 0.25) is 0 Å². The maximum atomic E-state index is 13.3. The van der Waals surface area contributed by atoms with Gasteiger partial charge < -0.3 is 14.1 Å². The van der Waals surface area contributed by atoms with Crippen molar-refractivity contribution in [2.75, 3.05) is 6.61 Å². The zero-order valence-corrected chi connectivity index (χ0v) is 18.3. The van der Waals surface area contributed by atoms with E-state index in [1.807, 2.05) is 60.8 Å². The van der Waals surface area contributed by atoms with Gasteiger partial charge in [-0.3, -0.25) is 10.1 Å². The number of carbonyl (C=O) groups is 1. The number of ether oxygens (including phenoxy) is 1. The van der Waals surface area contributed by atoms with Crippen LogP contribution in [-0.2, 0) is 4.74 Å². The summed E-state index contributed by atoms with van der Waals surface area (Å²) in [5.41, 5.74) is 3.89. The first-order chi connectivity index (χ1) is 16.6. The molecule has 3 aromatic carbocycles. The van der Waals surface area contributed by atoms with Crippen LogP contribution in [0.3, 0.4) is 0 Å². The van der Waals surface area contributed by atoms with Crippen molar-refractivity contribution < 1.29 is 18.9 Å². The molecule has 2 heterocycles. The van der Waals surface area contributed by atoms with Crippen LogP contribution in [0.25, 0.3) is 44.7 Å². The number of nitrogens with zero attached hydrogens (tertiary/aromatic N) is 1. The first kappa shape index (κ1) is 21.2. The standard InChI is InChI=1S/C27H20N2O5/c1-2-33-27(30)24-23(21-16-28-22-11-7-6-10-20(21)22)25(17-8-4-3-5-9-17)34-26(24)18-12-14-19(15-13-18)29(31)32/h3-16,28H,2H2,1H3. The van der Waals surface area contributed by atoms with Crippen molar-refractivity contribution >= 4 is 22.6 Å². The number of nitro benzene ring substituents is 1. The van der Waals surface area contributed by atoms with Crippen LogP contribution < -0.4 is 0 Å². The number of fused-ring (bicyclic) bond motifs is 1. The molecule has 0 fully saturated rings. The summed E-state index contributed by atoms with van der Waals surface area (Å²) in [6.07, 6.45) is 1.85. The van der Waals surface area contributed by atoms with E-state index in [1.165, 1.54) is 12.1 Å². The number of nitro groups is 1. The highest BCUT2D eigenvalue weighted by Crippen LogP contribution is 2.45. The molecule has 0 saturated heterocycles. The van der Waals surface area contributed by atoms with E-state index < -0.39 is 10.9 Å². The Morgan fingerprint density at radius 1 is 0.941 bits per heavy atom. The number of aromatic amines is 1. The van der Waals surface area contributed by atoms with Gasteiger partial charge in [0, 0.05) is 51.5 Å². The molecule has 0 amide bonds. The smallest absolute Gasteiger partial charge is 0.342 e. The van der Waals surface area contributed by atoms with Crippen LogP contribution >= 0.6 is 0 Å². The van der Waals surface area contributed by atoms with E-state index in [4.69, 9.17) is 9.15 Å². The van der Waals surface area contributed by atoms with Gasteiger partial charge in [0.2, 0.25) is 0 Å². The van der Waals surface area contributed by atoms with Crippen molar-refractivity contribution in [2.24, 2.45) is 0 Å². The number of nitrogens with one attached hydrogen (secondary N) is 1. The lowest BCUT2D eigenvalue weighted by Gasteiger charge is -2.07. The summed E-state index contributed by atoms with van der Waals surface area (Å²) in [5.74, 6) is 0.288. The van der Waals surface area contributed by atoms with Gasteiger partial charge in [-0.25, -0.2) is 4.79 Å². The number of carbonyl (C=O) groups excluding carboxylic acids is 1. The third-order valence-electron chi connectivity index (χ3n) is 5.62. The minimum absolute atomic E-state index is 0.0480. The van der Waals surface area contributed by atoms with Crippen molar-refractivity contribution in [3.8, 4) is 33.8 Å². The molecule has 0 aliphatic carbocycles. The predicted octanol–water partition coefficient (Wildman–Crippen LogP) is 6.85. The van der Waals surface area contributed by atoms with E-state index in [1.54, 1.807) is 19.1 Å². The summed E-state index contributed by atoms with van der Waals surface area (Å²) in [5, 5.41) is 12.1. The van der Waals surface area contributed by atoms with E-state index in [0.29, 0.717) is 22.6 Å². The second-order valence-corrected chi connectivity index (χ2v) is 7.65. The molecule has 5 rings (SSSR count). The third kappa shape index (κ3) is 3.63. The maximum absolute atomic E-state index is 13.3. The molecule has 0 radical (unpaired) electrons. The number of H-pyrrole nitrogens is 1. The van der Waals surface area contributed by atoms with Crippen molar-refractivity contribution in [1.82, 2.24) is 4.98 Å². The first-order valence-electron chi connectivity index (χ1n) is 10.8. The van der Waals surface area contributed by atoms with E-state index in [-0.39, 0.29) is 17.9 Å². The summed E-state index contributed by atoms with van der Waals surface area (Å²) < 4.78 is 11.8. The van der Waals surface area contributed by atoms with Crippen molar-refractivity contribution in [3.63, 3.8) is 0 Å². The lowest BCUT2D eigenvalue weighted by atomic mass is 9.95. The van der Waals surface area contributed by atoms with Gasteiger partial charge in [-0.1, -0.05) is 48.5 Å². The van der Waals surface area contributed by atoms with Crippen LogP contribution in [0.1, 0.15) is 17.3 Å². The van der Waals surface area contributed by atoms with E-state index in [2.05, 4.69) is 4.98 Å². The van der Waals surface area contributed by atoms with Crippen molar-refractivity contribution in [1.29, 1.82) is 0 Å². The Morgan fingerprint density at radius 3 is 2.32 bits per heavy atom. The number of para-hydroxylation sites is 1. The topological polar surface area (TPSA) is 98.4 Å². The Labute approximate surface area is 194 Å². The lowest BCUT2D eigenvalue weighted by Crippen LogP contribution is -2.06. The quantitative estimate of drug-likeness (QED) is 0.173. The number of hydrogen-bond donors (Lipinski definition) is 1. The molecular formula is C27H20N2O5. The first-order valence-corrected chi connectivity index (χ1v) is 10.8. The minimum Gasteiger partial charge on any atom is -0.462 e. The number of benzene rings is 3. The monoisotopic (exact) mass is 452 g/mol. The van der Waals surface area contributed by atoms with Crippen molar-refractivity contribution in [2.45, 2.75) is 6.92 Å². The Kier molecular flexibility index (Phi) is 5.43. The predicted molar refractivity (Wildman–Crippen MR) is 129 cm³/mol. The van der Waals surface area contributed by atoms with Gasteiger partial charge in [-0.05, 0) is 25.1 Å². The van der Waals surface area contributed by atoms with Crippen LogP contribution in [0.4, 0.5) is 5.69 Å². The molecule has 1 N–H and O–H groups in total. The molecule has 0 unspecified atom stereocenters. The maximum Gasteiger partial charge on any atom is 0.342 e. The summed E-state index contributed by atoms with van der Waals surface area (Å²) >= 11 is 0. The van der Waals surface area contributed by atoms with Gasteiger partial charge in [0.05, 0.1) is 11.5 Å². The molecule has 0 saturated carbocycles. The largest absolute Gasteiger partial charge is 0.462 e. The van der Waals surface area contributed by atoms with Gasteiger partial charge in [-0.15, -0.1) is 0 Å². The number of hydrogen-bond acceptors (Lipinski definition) is 5. The molecule has 5 aromatic rings. The highest BCUT2D eigenvalue weighted by molar-refractivity contribution is 6.11. The molecular weight excluding hydrogens is 432 g/mol. The van der Waals surface area contributed by atoms with Crippen LogP contribution in [-0.4, -0.2) is 22.5 Å². The molecule has 0 aliphatic rings. The molecule has 0 atom stereocenters. The normalized spacial score (nSPS) is 11.0. The van der Waals surface area contributed by atoms with Gasteiger partial charge in [0.1, 0.15) is 17.1 Å². The minimum atomic E-state index is -0.526. The summed E-state index contributed by atoms with van der Waals surface area (Å²) in [4.78, 5) is 27.2. The zero-order chi connectivity index (χ0) is 23.7.